The molecular weight excluding hydrogens is 228 g/mol. The number of pyridine rings is 1. The summed E-state index contributed by atoms with van der Waals surface area (Å²) in [6.07, 6.45) is 1.69. The van der Waals surface area contributed by atoms with Gasteiger partial charge in [-0.3, -0.25) is 14.6 Å². The van der Waals surface area contributed by atoms with Gasteiger partial charge < -0.3 is 10.4 Å². The molecule has 0 aliphatic rings. The van der Waals surface area contributed by atoms with Gasteiger partial charge in [-0.1, -0.05) is 6.07 Å². The van der Waals surface area contributed by atoms with E-state index in [1.807, 2.05) is 18.2 Å². The number of rotatable bonds is 6. The molecule has 0 radical (unpaired) electrons. The minimum Gasteiger partial charge on any atom is -0.480 e. The monoisotopic (exact) mass is 240 g/mol. The highest BCUT2D eigenvalue weighted by Crippen LogP contribution is 2.08. The first-order chi connectivity index (χ1) is 7.68. The van der Waals surface area contributed by atoms with Crippen LogP contribution >= 0.6 is 11.8 Å². The molecule has 0 bridgehead atoms. The fraction of sp³-hybridized carbons (Fsp3) is 0.300. The normalized spacial score (nSPS) is 9.75. The van der Waals surface area contributed by atoms with Gasteiger partial charge in [0.1, 0.15) is 6.54 Å². The number of hydrogen-bond donors (Lipinski definition) is 2. The van der Waals surface area contributed by atoms with Crippen molar-refractivity contribution in [3.05, 3.63) is 30.1 Å². The van der Waals surface area contributed by atoms with Gasteiger partial charge in [-0.25, -0.2) is 0 Å². The Morgan fingerprint density at radius 2 is 2.25 bits per heavy atom. The molecule has 6 heteroatoms. The molecule has 1 aromatic rings. The van der Waals surface area contributed by atoms with Crippen molar-refractivity contribution in [2.75, 3.05) is 12.3 Å². The van der Waals surface area contributed by atoms with Crippen molar-refractivity contribution in [1.29, 1.82) is 0 Å². The van der Waals surface area contributed by atoms with Gasteiger partial charge in [0.15, 0.2) is 0 Å². The zero-order chi connectivity index (χ0) is 11.8. The molecule has 1 heterocycles. The summed E-state index contributed by atoms with van der Waals surface area (Å²) in [5.41, 5.74) is 0.901. The number of carboxylic acids is 1. The molecule has 2 N–H and O–H groups in total. The number of hydrogen-bond acceptors (Lipinski definition) is 4. The third kappa shape index (κ3) is 5.35. The lowest BCUT2D eigenvalue weighted by Gasteiger charge is -2.02. The van der Waals surface area contributed by atoms with E-state index in [1.54, 1.807) is 6.20 Å². The lowest BCUT2D eigenvalue weighted by molar-refractivity contribution is -0.137. The van der Waals surface area contributed by atoms with Gasteiger partial charge in [0.05, 0.1) is 11.4 Å². The highest BCUT2D eigenvalue weighted by molar-refractivity contribution is 7.99. The van der Waals surface area contributed by atoms with E-state index in [0.29, 0.717) is 5.75 Å². The van der Waals surface area contributed by atoms with Crippen LogP contribution in [0.25, 0.3) is 0 Å². The minimum absolute atomic E-state index is 0.240. The fourth-order valence-electron chi connectivity index (χ4n) is 0.957. The first-order valence-corrected chi connectivity index (χ1v) is 5.80. The molecule has 86 valence electrons. The van der Waals surface area contributed by atoms with E-state index >= 15 is 0 Å². The van der Waals surface area contributed by atoms with E-state index in [-0.39, 0.29) is 18.2 Å². The molecule has 1 amide bonds. The summed E-state index contributed by atoms with van der Waals surface area (Å²) in [7, 11) is 0. The number of carbonyl (C=O) groups is 2. The van der Waals surface area contributed by atoms with Crippen molar-refractivity contribution in [2.24, 2.45) is 0 Å². The van der Waals surface area contributed by atoms with E-state index in [4.69, 9.17) is 5.11 Å². The standard InChI is InChI=1S/C10H12N2O3S/c13-9(12-5-10(14)15)7-16-6-8-3-1-2-4-11-8/h1-4H,5-7H2,(H,12,13)(H,14,15). The zero-order valence-corrected chi connectivity index (χ0v) is 9.37. The van der Waals surface area contributed by atoms with Crippen LogP contribution < -0.4 is 5.32 Å². The Labute approximate surface area is 97.3 Å². The predicted molar refractivity (Wildman–Crippen MR) is 61.0 cm³/mol. The Bertz CT molecular complexity index is 356. The van der Waals surface area contributed by atoms with E-state index in [1.165, 1.54) is 11.8 Å². The van der Waals surface area contributed by atoms with Crippen molar-refractivity contribution in [3.8, 4) is 0 Å². The van der Waals surface area contributed by atoms with Crippen LogP contribution in [0, 0.1) is 0 Å². The number of aromatic nitrogens is 1. The van der Waals surface area contributed by atoms with Crippen LogP contribution in [0.3, 0.4) is 0 Å². The number of carbonyl (C=O) groups excluding carboxylic acids is 1. The maximum absolute atomic E-state index is 11.1. The van der Waals surface area contributed by atoms with Crippen LogP contribution in [0.15, 0.2) is 24.4 Å². The molecule has 16 heavy (non-hydrogen) atoms. The van der Waals surface area contributed by atoms with E-state index < -0.39 is 5.97 Å². The maximum Gasteiger partial charge on any atom is 0.322 e. The molecule has 0 fully saturated rings. The number of carboxylic acid groups (broad SMARTS) is 1. The van der Waals surface area contributed by atoms with Crippen LogP contribution in [0.4, 0.5) is 0 Å². The molecule has 1 rings (SSSR count). The summed E-state index contributed by atoms with van der Waals surface area (Å²) in [5.74, 6) is -0.433. The number of aliphatic carboxylic acids is 1. The third-order valence-electron chi connectivity index (χ3n) is 1.65. The van der Waals surface area contributed by atoms with Crippen LogP contribution in [0.5, 0.6) is 0 Å². The molecule has 0 aliphatic heterocycles. The SMILES string of the molecule is O=C(O)CNC(=O)CSCc1ccccn1. The number of thioether (sulfide) groups is 1. The predicted octanol–water partition coefficient (Wildman–Crippen LogP) is 0.516. The summed E-state index contributed by atoms with van der Waals surface area (Å²) in [4.78, 5) is 25.4. The van der Waals surface area contributed by atoms with Gasteiger partial charge in [-0.2, -0.15) is 0 Å². The Morgan fingerprint density at radius 3 is 2.88 bits per heavy atom. The number of nitrogens with zero attached hydrogens (tertiary/aromatic N) is 1. The Balaban J connectivity index is 2.16. The molecule has 0 atom stereocenters. The molecule has 1 aromatic heterocycles. The summed E-state index contributed by atoms with van der Waals surface area (Å²) < 4.78 is 0. The topological polar surface area (TPSA) is 79.3 Å². The molecule has 0 aliphatic carbocycles. The van der Waals surface area contributed by atoms with Gasteiger partial charge in [-0.15, -0.1) is 11.8 Å². The molecule has 0 saturated carbocycles. The highest BCUT2D eigenvalue weighted by Gasteiger charge is 2.03. The fourth-order valence-corrected chi connectivity index (χ4v) is 1.73. The molecule has 0 unspecified atom stereocenters. The zero-order valence-electron chi connectivity index (χ0n) is 8.55. The van der Waals surface area contributed by atoms with E-state index in [0.717, 1.165) is 5.69 Å². The van der Waals surface area contributed by atoms with E-state index in [9.17, 15) is 9.59 Å². The first kappa shape index (κ1) is 12.5. The highest BCUT2D eigenvalue weighted by atomic mass is 32.2. The van der Waals surface area contributed by atoms with Crippen molar-refractivity contribution in [2.45, 2.75) is 5.75 Å². The van der Waals surface area contributed by atoms with Gasteiger partial charge >= 0.3 is 5.97 Å². The van der Waals surface area contributed by atoms with Crippen molar-refractivity contribution >= 4 is 23.6 Å². The lowest BCUT2D eigenvalue weighted by Crippen LogP contribution is -2.30. The van der Waals surface area contributed by atoms with Crippen LogP contribution in [0.2, 0.25) is 0 Å². The van der Waals surface area contributed by atoms with Gasteiger partial charge in [0.25, 0.3) is 0 Å². The number of amides is 1. The van der Waals surface area contributed by atoms with Crippen molar-refractivity contribution in [1.82, 2.24) is 10.3 Å². The molecular formula is C10H12N2O3S. The minimum atomic E-state index is -1.04. The van der Waals surface area contributed by atoms with Gasteiger partial charge in [-0.05, 0) is 12.1 Å². The third-order valence-corrected chi connectivity index (χ3v) is 2.61. The van der Waals surface area contributed by atoms with Gasteiger partial charge in [0.2, 0.25) is 5.91 Å². The maximum atomic E-state index is 11.1. The smallest absolute Gasteiger partial charge is 0.322 e. The average Bonchev–Trinajstić information content (AvgIpc) is 2.28. The van der Waals surface area contributed by atoms with Crippen LogP contribution in [-0.2, 0) is 15.3 Å². The summed E-state index contributed by atoms with van der Waals surface area (Å²) in [6, 6.07) is 5.59. The quantitative estimate of drug-likeness (QED) is 0.757. The average molecular weight is 240 g/mol. The Morgan fingerprint density at radius 1 is 1.44 bits per heavy atom. The number of nitrogens with one attached hydrogen (secondary N) is 1. The van der Waals surface area contributed by atoms with Crippen molar-refractivity contribution < 1.29 is 14.7 Å². The largest absolute Gasteiger partial charge is 0.480 e. The summed E-state index contributed by atoms with van der Waals surface area (Å²) in [6.45, 7) is -0.330. The summed E-state index contributed by atoms with van der Waals surface area (Å²) in [5, 5.41) is 10.6. The second-order valence-electron chi connectivity index (χ2n) is 2.98. The Kier molecular flexibility index (Phi) is 5.35. The second-order valence-corrected chi connectivity index (χ2v) is 3.97. The lowest BCUT2D eigenvalue weighted by atomic mass is 10.4. The van der Waals surface area contributed by atoms with Crippen LogP contribution in [0.1, 0.15) is 5.69 Å². The molecule has 0 aromatic carbocycles. The Hall–Kier alpha value is -1.56. The molecule has 0 spiro atoms. The summed E-state index contributed by atoms with van der Waals surface area (Å²) >= 11 is 1.40. The van der Waals surface area contributed by atoms with Gasteiger partial charge in [0, 0.05) is 11.9 Å². The van der Waals surface area contributed by atoms with Crippen molar-refractivity contribution in [3.63, 3.8) is 0 Å². The molecule has 5 nitrogen and oxygen atoms in total. The molecule has 0 saturated heterocycles. The first-order valence-electron chi connectivity index (χ1n) is 4.64. The van der Waals surface area contributed by atoms with E-state index in [2.05, 4.69) is 10.3 Å². The second kappa shape index (κ2) is 6.84. The van der Waals surface area contributed by atoms with Crippen LogP contribution in [-0.4, -0.2) is 34.3 Å².